The van der Waals surface area contributed by atoms with Crippen molar-refractivity contribution in [2.75, 3.05) is 39.3 Å². The Hall–Kier alpha value is -3.70. The summed E-state index contributed by atoms with van der Waals surface area (Å²) >= 11 is 0. The molecule has 2 heterocycles. The van der Waals surface area contributed by atoms with E-state index in [1.165, 1.54) is 5.56 Å². The summed E-state index contributed by atoms with van der Waals surface area (Å²) in [7, 11) is 0. The number of benzene rings is 4. The molecular weight excluding hydrogens is 494 g/mol. The molecule has 6 rings (SSSR count). The zero-order valence-electron chi connectivity index (χ0n) is 23.9. The summed E-state index contributed by atoms with van der Waals surface area (Å²) in [6, 6.07) is 27.2. The van der Waals surface area contributed by atoms with Gasteiger partial charge >= 0.3 is 0 Å². The Morgan fingerprint density at radius 2 is 1.18 bits per heavy atom. The average Bonchev–Trinajstić information content (AvgIpc) is 2.99. The highest BCUT2D eigenvalue weighted by atomic mass is 16.2. The molecule has 206 valence electrons. The van der Waals surface area contributed by atoms with Crippen molar-refractivity contribution in [1.29, 1.82) is 0 Å². The lowest BCUT2D eigenvalue weighted by atomic mass is 9.86. The quantitative estimate of drug-likeness (QED) is 0.288. The van der Waals surface area contributed by atoms with Crippen LogP contribution >= 0.6 is 0 Å². The van der Waals surface area contributed by atoms with E-state index < -0.39 is 0 Å². The molecule has 0 N–H and O–H groups in total. The molecule has 0 spiro atoms. The molecule has 4 aromatic rings. The summed E-state index contributed by atoms with van der Waals surface area (Å²) in [6.07, 6.45) is 1.96. The number of hydrogen-bond donors (Lipinski definition) is 0. The van der Waals surface area contributed by atoms with Crippen LogP contribution in [0.25, 0.3) is 21.5 Å². The maximum Gasteiger partial charge on any atom is 0.255 e. The highest BCUT2D eigenvalue weighted by molar-refractivity contribution is 6.18. The molecule has 2 amide bonds. The second-order valence-electron chi connectivity index (χ2n) is 12.4. The van der Waals surface area contributed by atoms with Gasteiger partial charge in [-0.1, -0.05) is 81.4 Å². The van der Waals surface area contributed by atoms with Crippen LogP contribution in [0, 0.1) is 0 Å². The Morgan fingerprint density at radius 1 is 0.650 bits per heavy atom. The van der Waals surface area contributed by atoms with Crippen molar-refractivity contribution < 1.29 is 9.59 Å². The van der Waals surface area contributed by atoms with Crippen molar-refractivity contribution in [3.8, 4) is 0 Å². The van der Waals surface area contributed by atoms with Crippen molar-refractivity contribution in [2.45, 2.75) is 45.1 Å². The van der Waals surface area contributed by atoms with Crippen LogP contribution in [0.3, 0.4) is 0 Å². The van der Waals surface area contributed by atoms with Crippen LogP contribution in [-0.4, -0.2) is 71.8 Å². The largest absolute Gasteiger partial charge is 0.339 e. The van der Waals surface area contributed by atoms with E-state index in [9.17, 15) is 9.59 Å². The molecule has 5 nitrogen and oxygen atoms in total. The number of amides is 2. The van der Waals surface area contributed by atoms with E-state index in [-0.39, 0.29) is 17.2 Å². The minimum Gasteiger partial charge on any atom is -0.339 e. The first kappa shape index (κ1) is 26.5. The van der Waals surface area contributed by atoms with E-state index in [4.69, 9.17) is 0 Å². The van der Waals surface area contributed by atoms with Gasteiger partial charge in [-0.2, -0.15) is 0 Å². The molecule has 2 saturated heterocycles. The number of fused-ring (bicyclic) bond motifs is 2. The van der Waals surface area contributed by atoms with Crippen molar-refractivity contribution in [3.63, 3.8) is 0 Å². The predicted octanol–water partition coefficient (Wildman–Crippen LogP) is 6.35. The number of piperazine rings is 1. The summed E-state index contributed by atoms with van der Waals surface area (Å²) in [4.78, 5) is 33.6. The molecule has 0 aromatic heterocycles. The van der Waals surface area contributed by atoms with Crippen LogP contribution in [0.2, 0.25) is 0 Å². The van der Waals surface area contributed by atoms with Crippen LogP contribution in [0.4, 0.5) is 0 Å². The standard InChI is InChI=1S/C35H39N3O2/c1-35(2,3)28-14-12-25(13-15-28)33(39)37-18-16-29(17-19-37)36-20-22-38(23-21-36)34(40)32-30-10-6-4-8-26(30)24-27-9-5-7-11-31(27)32/h4-15,24,29H,16-23H2,1-3H3. The zero-order valence-corrected chi connectivity index (χ0v) is 23.9. The average molecular weight is 534 g/mol. The van der Waals surface area contributed by atoms with Gasteiger partial charge in [-0.3, -0.25) is 14.5 Å². The molecule has 0 radical (unpaired) electrons. The number of nitrogens with zero attached hydrogens (tertiary/aromatic N) is 3. The Balaban J connectivity index is 1.08. The van der Waals surface area contributed by atoms with Gasteiger partial charge in [0, 0.05) is 50.9 Å². The molecule has 40 heavy (non-hydrogen) atoms. The van der Waals surface area contributed by atoms with Gasteiger partial charge in [0.25, 0.3) is 11.8 Å². The summed E-state index contributed by atoms with van der Waals surface area (Å²) < 4.78 is 0. The van der Waals surface area contributed by atoms with E-state index in [1.807, 2.05) is 46.2 Å². The van der Waals surface area contributed by atoms with E-state index in [0.717, 1.165) is 84.8 Å². The number of hydrogen-bond acceptors (Lipinski definition) is 3. The van der Waals surface area contributed by atoms with Crippen LogP contribution in [0.1, 0.15) is 59.9 Å². The van der Waals surface area contributed by atoms with E-state index in [0.29, 0.717) is 6.04 Å². The Bertz CT molecular complexity index is 1480. The van der Waals surface area contributed by atoms with Crippen molar-refractivity contribution >= 4 is 33.4 Å². The topological polar surface area (TPSA) is 43.9 Å². The molecule has 0 unspecified atom stereocenters. The van der Waals surface area contributed by atoms with Crippen LogP contribution in [0.15, 0.2) is 78.9 Å². The molecule has 5 heteroatoms. The Morgan fingerprint density at radius 3 is 1.73 bits per heavy atom. The third kappa shape index (κ3) is 5.11. The first-order chi connectivity index (χ1) is 19.3. The minimum absolute atomic E-state index is 0.0806. The van der Waals surface area contributed by atoms with Gasteiger partial charge in [-0.05, 0) is 63.6 Å². The molecule has 2 aliphatic rings. The van der Waals surface area contributed by atoms with Crippen LogP contribution in [0.5, 0.6) is 0 Å². The minimum atomic E-state index is 0.0806. The van der Waals surface area contributed by atoms with Gasteiger partial charge in [0.2, 0.25) is 0 Å². The number of carbonyl (C=O) groups is 2. The van der Waals surface area contributed by atoms with Crippen LogP contribution in [-0.2, 0) is 5.41 Å². The number of carbonyl (C=O) groups excluding carboxylic acids is 2. The molecule has 2 fully saturated rings. The van der Waals surface area contributed by atoms with Gasteiger partial charge in [0.15, 0.2) is 0 Å². The maximum absolute atomic E-state index is 13.9. The molecule has 0 bridgehead atoms. The summed E-state index contributed by atoms with van der Waals surface area (Å²) in [5.41, 5.74) is 2.93. The van der Waals surface area contributed by atoms with Gasteiger partial charge in [0.1, 0.15) is 0 Å². The summed E-state index contributed by atoms with van der Waals surface area (Å²) in [5, 5.41) is 4.27. The summed E-state index contributed by atoms with van der Waals surface area (Å²) in [6.45, 7) is 11.4. The second kappa shape index (κ2) is 10.7. The third-order valence-corrected chi connectivity index (χ3v) is 8.85. The van der Waals surface area contributed by atoms with Gasteiger partial charge in [-0.15, -0.1) is 0 Å². The van der Waals surface area contributed by atoms with Crippen molar-refractivity contribution in [1.82, 2.24) is 14.7 Å². The Kier molecular flexibility index (Phi) is 7.09. The molecule has 0 atom stereocenters. The number of piperidine rings is 1. The second-order valence-corrected chi connectivity index (χ2v) is 12.4. The van der Waals surface area contributed by atoms with Gasteiger partial charge in [-0.25, -0.2) is 0 Å². The molecule has 0 aliphatic carbocycles. The van der Waals surface area contributed by atoms with Crippen molar-refractivity contribution in [3.05, 3.63) is 95.6 Å². The van der Waals surface area contributed by atoms with E-state index in [1.54, 1.807) is 0 Å². The summed E-state index contributed by atoms with van der Waals surface area (Å²) in [5.74, 6) is 0.266. The lowest BCUT2D eigenvalue weighted by molar-refractivity contribution is 0.0414. The fourth-order valence-corrected chi connectivity index (χ4v) is 6.42. The highest BCUT2D eigenvalue weighted by Gasteiger charge is 2.31. The fraction of sp³-hybridized carbons (Fsp3) is 0.371. The molecular formula is C35H39N3O2. The molecule has 0 saturated carbocycles. The number of rotatable bonds is 3. The predicted molar refractivity (Wildman–Crippen MR) is 163 cm³/mol. The third-order valence-electron chi connectivity index (χ3n) is 8.85. The fourth-order valence-electron chi connectivity index (χ4n) is 6.42. The number of likely N-dealkylation sites (tertiary alicyclic amines) is 1. The van der Waals surface area contributed by atoms with Crippen LogP contribution < -0.4 is 0 Å². The van der Waals surface area contributed by atoms with Crippen molar-refractivity contribution in [2.24, 2.45) is 0 Å². The zero-order chi connectivity index (χ0) is 27.9. The molecule has 4 aromatic carbocycles. The lowest BCUT2D eigenvalue weighted by Crippen LogP contribution is -2.54. The SMILES string of the molecule is CC(C)(C)c1ccc(C(=O)N2CCC(N3CCN(C(=O)c4c5ccccc5cc5ccccc45)CC3)CC2)cc1. The first-order valence-corrected chi connectivity index (χ1v) is 14.6. The smallest absolute Gasteiger partial charge is 0.255 e. The monoisotopic (exact) mass is 533 g/mol. The van der Waals surface area contributed by atoms with Gasteiger partial charge < -0.3 is 9.80 Å². The maximum atomic E-state index is 13.9. The lowest BCUT2D eigenvalue weighted by Gasteiger charge is -2.43. The van der Waals surface area contributed by atoms with E-state index >= 15 is 0 Å². The van der Waals surface area contributed by atoms with Gasteiger partial charge in [0.05, 0.1) is 5.56 Å². The first-order valence-electron chi connectivity index (χ1n) is 14.6. The normalized spacial score (nSPS) is 17.5. The molecule has 2 aliphatic heterocycles. The van der Waals surface area contributed by atoms with E-state index in [2.05, 4.69) is 68.1 Å². The highest BCUT2D eigenvalue weighted by Crippen LogP contribution is 2.30. The Labute approximate surface area is 237 Å².